The van der Waals surface area contributed by atoms with Crippen molar-refractivity contribution < 1.29 is 18.7 Å². The first-order valence-electron chi connectivity index (χ1n) is 11.2. The van der Waals surface area contributed by atoms with Crippen LogP contribution in [-0.4, -0.2) is 62.4 Å². The number of alkyl halides is 1. The predicted molar refractivity (Wildman–Crippen MR) is 129 cm³/mol. The molecule has 1 aliphatic rings. The first-order chi connectivity index (χ1) is 16.0. The second-order valence-electron chi connectivity index (χ2n) is 9.58. The lowest BCUT2D eigenvalue weighted by Crippen LogP contribution is -2.36. The third kappa shape index (κ3) is 5.35. The number of amides is 1. The number of likely N-dealkylation sites (tertiary alicyclic amines) is 1. The van der Waals surface area contributed by atoms with Gasteiger partial charge in [-0.2, -0.15) is 0 Å². The number of halogens is 2. The van der Waals surface area contributed by atoms with E-state index in [0.717, 1.165) is 5.69 Å². The maximum Gasteiger partial charge on any atom is 0.410 e. The van der Waals surface area contributed by atoms with E-state index in [2.05, 4.69) is 15.3 Å². The van der Waals surface area contributed by atoms with Crippen LogP contribution < -0.4 is 10.1 Å². The van der Waals surface area contributed by atoms with Crippen LogP contribution in [0.25, 0.3) is 17.0 Å². The summed E-state index contributed by atoms with van der Waals surface area (Å²) in [6.45, 7) is 9.36. The first kappa shape index (κ1) is 24.1. The van der Waals surface area contributed by atoms with Crippen LogP contribution in [-0.2, 0) is 4.74 Å². The number of nitrogens with zero attached hydrogens (tertiary/aromatic N) is 4. The number of pyridine rings is 2. The number of imidazole rings is 1. The standard InChI is InChI=1S/C24H29ClFN5O3/c1-14(2)33-20-9-22-27-10-19(31(22)11-15(20)25)17-7-6-8-21(28-17)29-18-13-30(12-16(18)26)23(32)34-24(3,4)5/h6-11,14,16,18H,12-13H2,1-5H3,(H,28,29)/t16-,18-/m0/s1. The van der Waals surface area contributed by atoms with Crippen LogP contribution in [0.1, 0.15) is 34.6 Å². The Kier molecular flexibility index (Phi) is 6.58. The van der Waals surface area contributed by atoms with E-state index in [1.165, 1.54) is 4.90 Å². The van der Waals surface area contributed by atoms with Crippen LogP contribution in [0.15, 0.2) is 36.7 Å². The Bertz CT molecular complexity index is 1190. The highest BCUT2D eigenvalue weighted by Crippen LogP contribution is 2.30. The molecule has 0 unspecified atom stereocenters. The van der Waals surface area contributed by atoms with Crippen molar-refractivity contribution in [1.82, 2.24) is 19.3 Å². The zero-order valence-corrected chi connectivity index (χ0v) is 20.6. The van der Waals surface area contributed by atoms with E-state index in [-0.39, 0.29) is 19.2 Å². The smallest absolute Gasteiger partial charge is 0.410 e. The predicted octanol–water partition coefficient (Wildman–Crippen LogP) is 5.21. The molecule has 0 saturated carbocycles. The van der Waals surface area contributed by atoms with Gasteiger partial charge in [-0.15, -0.1) is 0 Å². The second kappa shape index (κ2) is 9.29. The zero-order valence-electron chi connectivity index (χ0n) is 19.9. The molecule has 1 aliphatic heterocycles. The molecule has 1 fully saturated rings. The molecule has 3 aromatic heterocycles. The topological polar surface area (TPSA) is 81.0 Å². The molecule has 182 valence electrons. The number of carbonyl (C=O) groups excluding carboxylic acids is 1. The lowest BCUT2D eigenvalue weighted by molar-refractivity contribution is 0.0283. The number of rotatable bonds is 5. The number of fused-ring (bicyclic) bond motifs is 1. The fourth-order valence-electron chi connectivity index (χ4n) is 3.74. The lowest BCUT2D eigenvalue weighted by Gasteiger charge is -2.24. The Labute approximate surface area is 203 Å². The van der Waals surface area contributed by atoms with Crippen LogP contribution in [0.4, 0.5) is 15.0 Å². The summed E-state index contributed by atoms with van der Waals surface area (Å²) in [4.78, 5) is 22.8. The second-order valence-corrected chi connectivity index (χ2v) is 9.99. The summed E-state index contributed by atoms with van der Waals surface area (Å²) >= 11 is 6.41. The van der Waals surface area contributed by atoms with Crippen molar-refractivity contribution in [2.24, 2.45) is 0 Å². The third-order valence-electron chi connectivity index (χ3n) is 5.17. The minimum Gasteiger partial charge on any atom is -0.489 e. The molecule has 10 heteroatoms. The molecule has 4 rings (SSSR count). The van der Waals surface area contributed by atoms with Gasteiger partial charge in [0.1, 0.15) is 29.0 Å². The Morgan fingerprint density at radius 1 is 1.29 bits per heavy atom. The number of anilines is 1. The average molecular weight is 490 g/mol. The lowest BCUT2D eigenvalue weighted by atomic mass is 10.2. The van der Waals surface area contributed by atoms with Crippen molar-refractivity contribution in [3.05, 3.63) is 41.7 Å². The van der Waals surface area contributed by atoms with Crippen molar-refractivity contribution >= 4 is 29.2 Å². The summed E-state index contributed by atoms with van der Waals surface area (Å²) < 4.78 is 27.6. The Balaban J connectivity index is 1.52. The van der Waals surface area contributed by atoms with E-state index in [9.17, 15) is 9.18 Å². The van der Waals surface area contributed by atoms with Gasteiger partial charge in [0.05, 0.1) is 41.3 Å². The monoisotopic (exact) mass is 489 g/mol. The van der Waals surface area contributed by atoms with E-state index >= 15 is 0 Å². The van der Waals surface area contributed by atoms with Crippen LogP contribution in [0, 0.1) is 0 Å². The Morgan fingerprint density at radius 3 is 2.76 bits per heavy atom. The van der Waals surface area contributed by atoms with Gasteiger partial charge in [-0.1, -0.05) is 17.7 Å². The summed E-state index contributed by atoms with van der Waals surface area (Å²) in [6.07, 6.45) is 1.66. The molecule has 8 nitrogen and oxygen atoms in total. The molecule has 0 spiro atoms. The van der Waals surface area contributed by atoms with Gasteiger partial charge in [-0.3, -0.25) is 4.40 Å². The summed E-state index contributed by atoms with van der Waals surface area (Å²) in [5, 5.41) is 3.58. The van der Waals surface area contributed by atoms with Gasteiger partial charge in [0.25, 0.3) is 0 Å². The number of nitrogens with one attached hydrogen (secondary N) is 1. The fourth-order valence-corrected chi connectivity index (χ4v) is 3.93. The van der Waals surface area contributed by atoms with Crippen LogP contribution in [0.5, 0.6) is 5.75 Å². The normalized spacial score (nSPS) is 18.5. The van der Waals surface area contributed by atoms with Crippen LogP contribution in [0.2, 0.25) is 5.02 Å². The minimum absolute atomic E-state index is 0.0139. The Hall–Kier alpha value is -3.07. The van der Waals surface area contributed by atoms with Gasteiger partial charge in [0.15, 0.2) is 0 Å². The Morgan fingerprint density at radius 2 is 2.06 bits per heavy atom. The largest absolute Gasteiger partial charge is 0.489 e. The van der Waals surface area contributed by atoms with Gasteiger partial charge < -0.3 is 19.7 Å². The maximum atomic E-state index is 14.7. The summed E-state index contributed by atoms with van der Waals surface area (Å²) in [7, 11) is 0. The molecular weight excluding hydrogens is 461 g/mol. The van der Waals surface area contributed by atoms with Gasteiger partial charge in [0.2, 0.25) is 0 Å². The summed E-state index contributed by atoms with van der Waals surface area (Å²) in [6, 6.07) is 6.62. The van der Waals surface area contributed by atoms with Crippen molar-refractivity contribution in [3.8, 4) is 17.1 Å². The zero-order chi connectivity index (χ0) is 24.6. The SMILES string of the molecule is CC(C)Oc1cc2ncc(-c3cccc(N[C@H]4CN(C(=O)OC(C)(C)C)C[C@@H]4F)n3)n2cc1Cl. The van der Waals surface area contributed by atoms with E-state index in [4.69, 9.17) is 21.1 Å². The highest BCUT2D eigenvalue weighted by atomic mass is 35.5. The average Bonchev–Trinajstić information content (AvgIpc) is 3.30. The number of aromatic nitrogens is 3. The van der Waals surface area contributed by atoms with Crippen LogP contribution in [0.3, 0.4) is 0 Å². The fraction of sp³-hybridized carbons (Fsp3) is 0.458. The molecule has 0 aliphatic carbocycles. The van der Waals surface area contributed by atoms with Gasteiger partial charge >= 0.3 is 6.09 Å². The van der Waals surface area contributed by atoms with Crippen molar-refractivity contribution in [3.63, 3.8) is 0 Å². The highest BCUT2D eigenvalue weighted by Gasteiger charge is 2.37. The molecule has 1 N–H and O–H groups in total. The third-order valence-corrected chi connectivity index (χ3v) is 5.45. The van der Waals surface area contributed by atoms with E-state index < -0.39 is 23.9 Å². The maximum absolute atomic E-state index is 14.7. The quantitative estimate of drug-likeness (QED) is 0.530. The van der Waals surface area contributed by atoms with Crippen molar-refractivity contribution in [2.45, 2.75) is 58.5 Å². The first-order valence-corrected chi connectivity index (χ1v) is 11.6. The molecule has 0 bridgehead atoms. The molecular formula is C24H29ClFN5O3. The molecule has 0 aromatic carbocycles. The van der Waals surface area contributed by atoms with Gasteiger partial charge in [-0.05, 0) is 46.8 Å². The molecule has 1 amide bonds. The highest BCUT2D eigenvalue weighted by molar-refractivity contribution is 6.32. The van der Waals surface area contributed by atoms with E-state index in [1.54, 1.807) is 45.3 Å². The molecule has 34 heavy (non-hydrogen) atoms. The number of ether oxygens (including phenoxy) is 2. The van der Waals surface area contributed by atoms with Gasteiger partial charge in [0, 0.05) is 18.8 Å². The molecule has 1 saturated heterocycles. The number of hydrogen-bond acceptors (Lipinski definition) is 6. The van der Waals surface area contributed by atoms with Crippen molar-refractivity contribution in [1.29, 1.82) is 0 Å². The van der Waals surface area contributed by atoms with Crippen LogP contribution >= 0.6 is 11.6 Å². The molecule has 4 heterocycles. The van der Waals surface area contributed by atoms with E-state index in [1.807, 2.05) is 30.4 Å². The molecule has 3 aromatic rings. The molecule has 2 atom stereocenters. The summed E-state index contributed by atoms with van der Waals surface area (Å²) in [5.74, 6) is 1.06. The van der Waals surface area contributed by atoms with Gasteiger partial charge in [-0.25, -0.2) is 19.2 Å². The number of hydrogen-bond donors (Lipinski definition) is 1. The van der Waals surface area contributed by atoms with Crippen molar-refractivity contribution in [2.75, 3.05) is 18.4 Å². The molecule has 0 radical (unpaired) electrons. The minimum atomic E-state index is -1.24. The summed E-state index contributed by atoms with van der Waals surface area (Å²) in [5.41, 5.74) is 1.41. The number of carbonyl (C=O) groups is 1. The van der Waals surface area contributed by atoms with E-state index in [0.29, 0.717) is 27.9 Å².